The summed E-state index contributed by atoms with van der Waals surface area (Å²) in [6.45, 7) is -0.119. The van der Waals surface area contributed by atoms with Crippen LogP contribution in [0.15, 0.2) is 42.5 Å². The minimum absolute atomic E-state index is 0.0759. The SMILES string of the molecule is O=C(NCOc1ccc(Cl)cc1Cl)Nc1cccc(C(=O)O)c1. The van der Waals surface area contributed by atoms with Crippen LogP contribution >= 0.6 is 23.2 Å². The molecule has 0 aromatic heterocycles. The number of carbonyl (C=O) groups is 2. The van der Waals surface area contributed by atoms with Gasteiger partial charge in [0.15, 0.2) is 6.73 Å². The minimum Gasteiger partial charge on any atom is -0.478 e. The number of carboxylic acids is 1. The van der Waals surface area contributed by atoms with E-state index in [1.54, 1.807) is 18.2 Å². The Balaban J connectivity index is 1.85. The van der Waals surface area contributed by atoms with Crippen molar-refractivity contribution in [2.45, 2.75) is 0 Å². The van der Waals surface area contributed by atoms with E-state index in [0.29, 0.717) is 21.5 Å². The fourth-order valence-electron chi connectivity index (χ4n) is 1.68. The number of nitrogens with one attached hydrogen (secondary N) is 2. The van der Waals surface area contributed by atoms with Gasteiger partial charge in [0, 0.05) is 10.7 Å². The van der Waals surface area contributed by atoms with Crippen LogP contribution < -0.4 is 15.4 Å². The first-order valence-electron chi connectivity index (χ1n) is 6.42. The molecule has 0 aliphatic heterocycles. The van der Waals surface area contributed by atoms with E-state index in [4.69, 9.17) is 33.0 Å². The fraction of sp³-hybridized carbons (Fsp3) is 0.0667. The van der Waals surface area contributed by atoms with E-state index in [1.165, 1.54) is 24.3 Å². The second kappa shape index (κ2) is 7.71. The number of anilines is 1. The molecule has 0 atom stereocenters. The van der Waals surface area contributed by atoms with Gasteiger partial charge in [0.05, 0.1) is 10.6 Å². The first-order chi connectivity index (χ1) is 11.0. The van der Waals surface area contributed by atoms with E-state index in [1.807, 2.05) is 0 Å². The molecule has 0 aliphatic carbocycles. The summed E-state index contributed by atoms with van der Waals surface area (Å²) in [4.78, 5) is 22.6. The molecule has 0 fully saturated rings. The van der Waals surface area contributed by atoms with Gasteiger partial charge in [0.2, 0.25) is 0 Å². The van der Waals surface area contributed by atoms with Crippen LogP contribution in [0.2, 0.25) is 10.0 Å². The summed E-state index contributed by atoms with van der Waals surface area (Å²) < 4.78 is 5.31. The van der Waals surface area contributed by atoms with Gasteiger partial charge >= 0.3 is 12.0 Å². The van der Waals surface area contributed by atoms with Crippen molar-refractivity contribution in [3.8, 4) is 5.75 Å². The van der Waals surface area contributed by atoms with Crippen LogP contribution in [0.4, 0.5) is 10.5 Å². The van der Waals surface area contributed by atoms with Crippen LogP contribution in [0.5, 0.6) is 5.75 Å². The molecule has 0 spiro atoms. The standard InChI is InChI=1S/C15H12Cl2N2O4/c16-10-4-5-13(12(17)7-10)23-8-18-15(22)19-11-3-1-2-9(6-11)14(20)21/h1-7H,8H2,(H,20,21)(H2,18,19,22). The molecule has 0 radical (unpaired) electrons. The molecule has 0 heterocycles. The van der Waals surface area contributed by atoms with Crippen LogP contribution in [0.1, 0.15) is 10.4 Å². The highest BCUT2D eigenvalue weighted by Crippen LogP contribution is 2.27. The molecule has 0 bridgehead atoms. The van der Waals surface area contributed by atoms with E-state index in [2.05, 4.69) is 10.6 Å². The normalized spacial score (nSPS) is 10.0. The number of carboxylic acid groups (broad SMARTS) is 1. The number of benzene rings is 2. The quantitative estimate of drug-likeness (QED) is 0.711. The lowest BCUT2D eigenvalue weighted by molar-refractivity contribution is 0.0697. The largest absolute Gasteiger partial charge is 0.478 e. The number of rotatable bonds is 5. The van der Waals surface area contributed by atoms with Crippen LogP contribution in [-0.2, 0) is 0 Å². The second-order valence-corrected chi connectivity index (χ2v) is 5.22. The summed E-state index contributed by atoms with van der Waals surface area (Å²) in [6, 6.07) is 10.1. The molecule has 0 saturated heterocycles. The number of hydrogen-bond acceptors (Lipinski definition) is 3. The topological polar surface area (TPSA) is 87.7 Å². The number of urea groups is 1. The lowest BCUT2D eigenvalue weighted by Gasteiger charge is -2.10. The molecular weight excluding hydrogens is 343 g/mol. The summed E-state index contributed by atoms with van der Waals surface area (Å²) in [5, 5.41) is 14.7. The molecule has 2 aromatic carbocycles. The van der Waals surface area contributed by atoms with Crippen molar-refractivity contribution in [3.05, 3.63) is 58.1 Å². The molecular formula is C15H12Cl2N2O4. The highest BCUT2D eigenvalue weighted by Gasteiger charge is 2.07. The molecule has 3 N–H and O–H groups in total. The predicted octanol–water partition coefficient (Wildman–Crippen LogP) is 3.85. The third kappa shape index (κ3) is 5.05. The van der Waals surface area contributed by atoms with Gasteiger partial charge in [-0.2, -0.15) is 0 Å². The number of halogens is 2. The molecule has 0 aliphatic rings. The Kier molecular flexibility index (Phi) is 5.67. The van der Waals surface area contributed by atoms with Crippen LogP contribution in [-0.4, -0.2) is 23.8 Å². The Hall–Kier alpha value is -2.44. The third-order valence-corrected chi connectivity index (χ3v) is 3.25. The molecule has 6 nitrogen and oxygen atoms in total. The van der Waals surface area contributed by atoms with Crippen molar-refractivity contribution in [2.75, 3.05) is 12.0 Å². The van der Waals surface area contributed by atoms with Crippen molar-refractivity contribution in [1.82, 2.24) is 5.32 Å². The van der Waals surface area contributed by atoms with Gasteiger partial charge in [-0.15, -0.1) is 0 Å². The van der Waals surface area contributed by atoms with Gasteiger partial charge < -0.3 is 20.5 Å². The molecule has 120 valence electrons. The first kappa shape index (κ1) is 16.9. The van der Waals surface area contributed by atoms with Crippen LogP contribution in [0.25, 0.3) is 0 Å². The summed E-state index contributed by atoms with van der Waals surface area (Å²) in [5.74, 6) is -0.695. The average Bonchev–Trinajstić information content (AvgIpc) is 2.49. The number of hydrogen-bond donors (Lipinski definition) is 3. The van der Waals surface area contributed by atoms with E-state index < -0.39 is 12.0 Å². The maximum atomic E-state index is 11.7. The van der Waals surface area contributed by atoms with Crippen molar-refractivity contribution >= 4 is 40.9 Å². The Morgan fingerprint density at radius 3 is 2.61 bits per heavy atom. The lowest BCUT2D eigenvalue weighted by Crippen LogP contribution is -2.32. The summed E-state index contributed by atoms with van der Waals surface area (Å²) >= 11 is 11.7. The summed E-state index contributed by atoms with van der Waals surface area (Å²) in [5.41, 5.74) is 0.430. The Labute approximate surface area is 142 Å². The molecule has 23 heavy (non-hydrogen) atoms. The second-order valence-electron chi connectivity index (χ2n) is 4.38. The number of amides is 2. The maximum absolute atomic E-state index is 11.7. The van der Waals surface area contributed by atoms with Gasteiger partial charge in [0.1, 0.15) is 5.75 Å². The molecule has 8 heteroatoms. The van der Waals surface area contributed by atoms with Crippen molar-refractivity contribution < 1.29 is 19.4 Å². The Morgan fingerprint density at radius 2 is 1.91 bits per heavy atom. The molecule has 0 saturated carbocycles. The average molecular weight is 355 g/mol. The maximum Gasteiger partial charge on any atom is 0.335 e. The van der Waals surface area contributed by atoms with Crippen molar-refractivity contribution in [2.24, 2.45) is 0 Å². The zero-order valence-corrected chi connectivity index (χ0v) is 13.2. The van der Waals surface area contributed by atoms with Gasteiger partial charge in [-0.05, 0) is 36.4 Å². The summed E-state index contributed by atoms with van der Waals surface area (Å²) in [7, 11) is 0. The van der Waals surface area contributed by atoms with E-state index in [0.717, 1.165) is 0 Å². The Morgan fingerprint density at radius 1 is 1.13 bits per heavy atom. The monoisotopic (exact) mass is 354 g/mol. The van der Waals surface area contributed by atoms with Crippen molar-refractivity contribution in [1.29, 1.82) is 0 Å². The van der Waals surface area contributed by atoms with E-state index in [-0.39, 0.29) is 12.3 Å². The molecule has 2 rings (SSSR count). The van der Waals surface area contributed by atoms with Crippen LogP contribution in [0.3, 0.4) is 0 Å². The fourth-order valence-corrected chi connectivity index (χ4v) is 2.14. The van der Waals surface area contributed by atoms with Crippen molar-refractivity contribution in [3.63, 3.8) is 0 Å². The summed E-state index contributed by atoms with van der Waals surface area (Å²) in [6.07, 6.45) is 0. The zero-order valence-electron chi connectivity index (χ0n) is 11.7. The molecule has 0 unspecified atom stereocenters. The van der Waals surface area contributed by atoms with Gasteiger partial charge in [-0.1, -0.05) is 29.3 Å². The first-order valence-corrected chi connectivity index (χ1v) is 7.17. The Bertz CT molecular complexity index is 737. The predicted molar refractivity (Wildman–Crippen MR) is 87.5 cm³/mol. The lowest BCUT2D eigenvalue weighted by atomic mass is 10.2. The number of ether oxygens (including phenoxy) is 1. The van der Waals surface area contributed by atoms with Gasteiger partial charge in [0.25, 0.3) is 0 Å². The smallest absolute Gasteiger partial charge is 0.335 e. The van der Waals surface area contributed by atoms with Gasteiger partial charge in [-0.25, -0.2) is 9.59 Å². The van der Waals surface area contributed by atoms with Gasteiger partial charge in [-0.3, -0.25) is 0 Å². The zero-order chi connectivity index (χ0) is 16.8. The third-order valence-electron chi connectivity index (χ3n) is 2.72. The number of aromatic carboxylic acids is 1. The molecule has 2 aromatic rings. The minimum atomic E-state index is -1.07. The van der Waals surface area contributed by atoms with E-state index >= 15 is 0 Å². The highest BCUT2D eigenvalue weighted by atomic mass is 35.5. The molecule has 2 amide bonds. The van der Waals surface area contributed by atoms with Crippen LogP contribution in [0, 0.1) is 0 Å². The highest BCUT2D eigenvalue weighted by molar-refractivity contribution is 6.35. The number of carbonyl (C=O) groups excluding carboxylic acids is 1. The van der Waals surface area contributed by atoms with E-state index in [9.17, 15) is 9.59 Å².